The standard InChI is InChI=1S/C4H10O.3CH4O2.Ti/c1-2-3-4-5;3*1-3-2;/h5H,2-4H2,1H3;3*2H,1H3;. The van der Waals surface area contributed by atoms with Crippen LogP contribution in [0.5, 0.6) is 0 Å². The Kier molecular flexibility index (Phi) is 124. The topological polar surface area (TPSA) is 109 Å². The van der Waals surface area contributed by atoms with Gasteiger partial charge in [-0.1, -0.05) is 13.3 Å². The fraction of sp³-hybridized carbons (Fsp3) is 1.00. The summed E-state index contributed by atoms with van der Waals surface area (Å²) in [6, 6.07) is 0. The van der Waals surface area contributed by atoms with Crippen molar-refractivity contribution >= 4 is 0 Å². The second kappa shape index (κ2) is 62.9. The van der Waals surface area contributed by atoms with E-state index in [0.29, 0.717) is 6.61 Å². The molecule has 8 heteroatoms. The minimum absolute atomic E-state index is 0. The number of aliphatic hydroxyl groups is 1. The molecular weight excluding hydrogens is 244 g/mol. The molecular formula is C7H22O7Ti. The van der Waals surface area contributed by atoms with Gasteiger partial charge in [0.15, 0.2) is 0 Å². The van der Waals surface area contributed by atoms with Crippen molar-refractivity contribution in [1.82, 2.24) is 0 Å². The number of hydrogen-bond acceptors (Lipinski definition) is 7. The van der Waals surface area contributed by atoms with E-state index in [9.17, 15) is 0 Å². The average molecular weight is 266 g/mol. The molecule has 0 aliphatic heterocycles. The maximum Gasteiger partial charge on any atom is 0.0710 e. The van der Waals surface area contributed by atoms with Crippen LogP contribution in [0.2, 0.25) is 0 Å². The Morgan fingerprint density at radius 3 is 1.07 bits per heavy atom. The summed E-state index contributed by atoms with van der Waals surface area (Å²) in [6.45, 7) is 2.40. The Balaban J connectivity index is -0.0000000300. The Bertz CT molecular complexity index is 43.6. The molecule has 0 radical (unpaired) electrons. The van der Waals surface area contributed by atoms with Gasteiger partial charge in [0.2, 0.25) is 0 Å². The molecule has 0 unspecified atom stereocenters. The van der Waals surface area contributed by atoms with Crippen molar-refractivity contribution in [2.75, 3.05) is 27.9 Å². The molecule has 0 aliphatic carbocycles. The summed E-state index contributed by atoms with van der Waals surface area (Å²) >= 11 is 0. The van der Waals surface area contributed by atoms with Crippen LogP contribution in [0.25, 0.3) is 0 Å². The van der Waals surface area contributed by atoms with Crippen molar-refractivity contribution in [3.8, 4) is 0 Å². The molecule has 0 atom stereocenters. The Labute approximate surface area is 105 Å². The van der Waals surface area contributed by atoms with Crippen molar-refractivity contribution in [3.05, 3.63) is 0 Å². The second-order valence-corrected chi connectivity index (χ2v) is 1.62. The summed E-state index contributed by atoms with van der Waals surface area (Å²) in [5.74, 6) is 0. The first kappa shape index (κ1) is 29.5. The molecule has 96 valence electrons. The number of hydrogen-bond donors (Lipinski definition) is 4. The normalized spacial score (nSPS) is 6.40. The maximum absolute atomic E-state index is 8.07. The van der Waals surface area contributed by atoms with Crippen molar-refractivity contribution in [1.29, 1.82) is 0 Å². The minimum atomic E-state index is 0. The molecule has 0 aromatic heterocycles. The van der Waals surface area contributed by atoms with Gasteiger partial charge in [-0.3, -0.25) is 15.8 Å². The molecule has 0 rings (SSSR count). The van der Waals surface area contributed by atoms with Crippen LogP contribution in [-0.2, 0) is 36.4 Å². The van der Waals surface area contributed by atoms with Crippen LogP contribution in [-0.4, -0.2) is 48.8 Å². The minimum Gasteiger partial charge on any atom is -0.396 e. The molecule has 4 N–H and O–H groups in total. The van der Waals surface area contributed by atoms with E-state index in [4.69, 9.17) is 20.9 Å². The van der Waals surface area contributed by atoms with Gasteiger partial charge in [-0.05, 0) is 6.42 Å². The monoisotopic (exact) mass is 266 g/mol. The van der Waals surface area contributed by atoms with Gasteiger partial charge in [-0.15, -0.1) is 0 Å². The first-order valence-corrected chi connectivity index (χ1v) is 3.80. The van der Waals surface area contributed by atoms with E-state index >= 15 is 0 Å². The van der Waals surface area contributed by atoms with E-state index in [2.05, 4.69) is 21.6 Å². The van der Waals surface area contributed by atoms with Gasteiger partial charge in [-0.25, -0.2) is 14.7 Å². The predicted octanol–water partition coefficient (Wildman–Crippen LogP) is 1.09. The molecule has 0 aliphatic rings. The Morgan fingerprint density at radius 1 is 0.867 bits per heavy atom. The zero-order valence-electron chi connectivity index (χ0n) is 9.63. The van der Waals surface area contributed by atoms with E-state index < -0.39 is 0 Å². The van der Waals surface area contributed by atoms with Crippen LogP contribution in [0.15, 0.2) is 0 Å². The van der Waals surface area contributed by atoms with Crippen LogP contribution < -0.4 is 0 Å². The average Bonchev–Trinajstić information content (AvgIpc) is 2.09. The summed E-state index contributed by atoms with van der Waals surface area (Å²) in [5, 5.41) is 29.3. The summed E-state index contributed by atoms with van der Waals surface area (Å²) < 4.78 is 0. The van der Waals surface area contributed by atoms with Crippen LogP contribution in [0.4, 0.5) is 0 Å². The molecule has 0 saturated carbocycles. The molecule has 0 bridgehead atoms. The summed E-state index contributed by atoms with van der Waals surface area (Å²) in [5.41, 5.74) is 0. The van der Waals surface area contributed by atoms with E-state index in [1.165, 1.54) is 21.3 Å². The molecule has 15 heavy (non-hydrogen) atoms. The van der Waals surface area contributed by atoms with Gasteiger partial charge in [-0.2, -0.15) is 0 Å². The third-order valence-corrected chi connectivity index (χ3v) is 0.512. The SMILES string of the molecule is CCCCO.COO.COO.COO.[Ti]. The fourth-order valence-corrected chi connectivity index (χ4v) is 0.158. The van der Waals surface area contributed by atoms with Gasteiger partial charge in [0.05, 0.1) is 21.3 Å². The number of aliphatic hydroxyl groups excluding tert-OH is 1. The van der Waals surface area contributed by atoms with Crippen LogP contribution in [0.3, 0.4) is 0 Å². The van der Waals surface area contributed by atoms with E-state index in [1.807, 2.05) is 0 Å². The van der Waals surface area contributed by atoms with E-state index in [0.717, 1.165) is 12.8 Å². The largest absolute Gasteiger partial charge is 0.396 e. The number of rotatable bonds is 2. The molecule has 0 amide bonds. The van der Waals surface area contributed by atoms with Gasteiger partial charge in [0, 0.05) is 28.3 Å². The number of unbranched alkanes of at least 4 members (excludes halogenated alkanes) is 1. The van der Waals surface area contributed by atoms with Crippen molar-refractivity contribution in [2.24, 2.45) is 0 Å². The Hall–Kier alpha value is 0.434. The van der Waals surface area contributed by atoms with Gasteiger partial charge in [0.1, 0.15) is 0 Å². The Morgan fingerprint density at radius 2 is 1.07 bits per heavy atom. The molecule has 0 heterocycles. The van der Waals surface area contributed by atoms with Crippen LogP contribution >= 0.6 is 0 Å². The first-order valence-electron chi connectivity index (χ1n) is 3.80. The summed E-state index contributed by atoms with van der Waals surface area (Å²) in [6.07, 6.45) is 2.04. The van der Waals surface area contributed by atoms with Crippen molar-refractivity contribution in [3.63, 3.8) is 0 Å². The molecule has 0 saturated heterocycles. The van der Waals surface area contributed by atoms with Crippen LogP contribution in [0, 0.1) is 0 Å². The quantitative estimate of drug-likeness (QED) is 0.336. The van der Waals surface area contributed by atoms with Crippen molar-refractivity contribution < 1.29 is 57.3 Å². The second-order valence-electron chi connectivity index (χ2n) is 1.62. The molecule has 0 aromatic carbocycles. The summed E-state index contributed by atoms with van der Waals surface area (Å²) in [4.78, 5) is 9.75. The molecule has 7 nitrogen and oxygen atoms in total. The predicted molar refractivity (Wildman–Crippen MR) is 50.9 cm³/mol. The zero-order valence-corrected chi connectivity index (χ0v) is 11.2. The van der Waals surface area contributed by atoms with Crippen LogP contribution in [0.1, 0.15) is 19.8 Å². The fourth-order valence-electron chi connectivity index (χ4n) is 0.158. The third kappa shape index (κ3) is 377. The van der Waals surface area contributed by atoms with Gasteiger partial charge >= 0.3 is 0 Å². The van der Waals surface area contributed by atoms with Gasteiger partial charge in [0.25, 0.3) is 0 Å². The zero-order chi connectivity index (χ0) is 12.2. The van der Waals surface area contributed by atoms with E-state index in [-0.39, 0.29) is 21.7 Å². The third-order valence-electron chi connectivity index (χ3n) is 0.512. The molecule has 0 spiro atoms. The van der Waals surface area contributed by atoms with E-state index in [1.54, 1.807) is 0 Å². The first-order chi connectivity index (χ1) is 6.66. The molecule has 0 aromatic rings. The van der Waals surface area contributed by atoms with Gasteiger partial charge < -0.3 is 5.11 Å². The van der Waals surface area contributed by atoms with Crippen molar-refractivity contribution in [2.45, 2.75) is 19.8 Å². The maximum atomic E-state index is 8.07. The summed E-state index contributed by atoms with van der Waals surface area (Å²) in [7, 11) is 3.54. The molecule has 0 fully saturated rings. The smallest absolute Gasteiger partial charge is 0.0710 e.